The molecule has 0 spiro atoms. The third-order valence-electron chi connectivity index (χ3n) is 4.19. The summed E-state index contributed by atoms with van der Waals surface area (Å²) in [6.07, 6.45) is 3.90. The molecule has 0 radical (unpaired) electrons. The molecular formula is C17H22N4O2. The Kier molecular flexibility index (Phi) is 4.62. The average Bonchev–Trinajstić information content (AvgIpc) is 3.00. The Bertz CT molecular complexity index is 683. The Hall–Kier alpha value is -2.34. The van der Waals surface area contributed by atoms with E-state index in [4.69, 9.17) is 4.74 Å². The lowest BCUT2D eigenvalue weighted by atomic mass is 9.86. The van der Waals surface area contributed by atoms with Crippen molar-refractivity contribution in [1.82, 2.24) is 20.0 Å². The largest absolute Gasteiger partial charge is 0.383 e. The zero-order valence-electron chi connectivity index (χ0n) is 13.5. The normalized spacial score (nSPS) is 17.0. The van der Waals surface area contributed by atoms with Gasteiger partial charge in [0.2, 0.25) is 0 Å². The first-order valence-electron chi connectivity index (χ1n) is 7.77. The molecule has 3 rings (SSSR count). The fourth-order valence-corrected chi connectivity index (χ4v) is 3.04. The molecule has 6 nitrogen and oxygen atoms in total. The standard InChI is InChI=1S/C17H22N4O2/c1-20-10-14(9-19-20)16-12-21(17(22)18-7-8-23-2)11-13-5-3-4-6-15(13)16/h3-6,9-10,16H,7-8,11-12H2,1-2H3,(H,18,22). The third-order valence-corrected chi connectivity index (χ3v) is 4.19. The van der Waals surface area contributed by atoms with E-state index in [0.717, 1.165) is 5.56 Å². The molecule has 1 atom stereocenters. The topological polar surface area (TPSA) is 59.4 Å². The zero-order valence-corrected chi connectivity index (χ0v) is 13.5. The van der Waals surface area contributed by atoms with E-state index in [1.807, 2.05) is 30.4 Å². The summed E-state index contributed by atoms with van der Waals surface area (Å²) in [7, 11) is 3.54. The van der Waals surface area contributed by atoms with Crippen LogP contribution in [-0.4, -0.2) is 47.5 Å². The van der Waals surface area contributed by atoms with Crippen LogP contribution in [0.25, 0.3) is 0 Å². The van der Waals surface area contributed by atoms with E-state index < -0.39 is 0 Å². The van der Waals surface area contributed by atoms with Crippen LogP contribution in [0.1, 0.15) is 22.6 Å². The predicted octanol–water partition coefficient (Wildman–Crippen LogP) is 1.72. The summed E-state index contributed by atoms with van der Waals surface area (Å²) in [4.78, 5) is 14.3. The molecule has 1 aliphatic rings. The number of nitrogens with zero attached hydrogens (tertiary/aromatic N) is 3. The molecular weight excluding hydrogens is 292 g/mol. The van der Waals surface area contributed by atoms with Gasteiger partial charge in [-0.3, -0.25) is 4.68 Å². The van der Waals surface area contributed by atoms with Crippen molar-refractivity contribution in [2.24, 2.45) is 7.05 Å². The fourth-order valence-electron chi connectivity index (χ4n) is 3.04. The van der Waals surface area contributed by atoms with E-state index in [0.29, 0.717) is 26.2 Å². The molecule has 0 fully saturated rings. The molecule has 1 aliphatic heterocycles. The fraction of sp³-hybridized carbons (Fsp3) is 0.412. The van der Waals surface area contributed by atoms with Crippen molar-refractivity contribution in [1.29, 1.82) is 0 Å². The van der Waals surface area contributed by atoms with Gasteiger partial charge in [-0.2, -0.15) is 5.10 Å². The van der Waals surface area contributed by atoms with Crippen molar-refractivity contribution >= 4 is 6.03 Å². The second-order valence-electron chi connectivity index (χ2n) is 5.80. The van der Waals surface area contributed by atoms with Gasteiger partial charge in [0.05, 0.1) is 12.8 Å². The Morgan fingerprint density at radius 2 is 2.26 bits per heavy atom. The minimum Gasteiger partial charge on any atom is -0.383 e. The number of aromatic nitrogens is 2. The molecule has 0 aliphatic carbocycles. The number of rotatable bonds is 4. The summed E-state index contributed by atoms with van der Waals surface area (Å²) >= 11 is 0. The third kappa shape index (κ3) is 3.37. The Labute approximate surface area is 136 Å². The van der Waals surface area contributed by atoms with Crippen molar-refractivity contribution in [3.8, 4) is 0 Å². The first-order chi connectivity index (χ1) is 11.2. The van der Waals surface area contributed by atoms with E-state index in [-0.39, 0.29) is 11.9 Å². The van der Waals surface area contributed by atoms with Crippen LogP contribution in [-0.2, 0) is 18.3 Å². The van der Waals surface area contributed by atoms with Gasteiger partial charge in [-0.1, -0.05) is 24.3 Å². The highest BCUT2D eigenvalue weighted by molar-refractivity contribution is 5.74. The van der Waals surface area contributed by atoms with Crippen LogP contribution in [0.15, 0.2) is 36.7 Å². The Morgan fingerprint density at radius 1 is 1.43 bits per heavy atom. The number of urea groups is 1. The van der Waals surface area contributed by atoms with Gasteiger partial charge in [0.15, 0.2) is 0 Å². The second-order valence-corrected chi connectivity index (χ2v) is 5.80. The molecule has 1 aromatic carbocycles. The second kappa shape index (κ2) is 6.83. The van der Waals surface area contributed by atoms with Crippen LogP contribution >= 0.6 is 0 Å². The number of benzene rings is 1. The van der Waals surface area contributed by atoms with Gasteiger partial charge < -0.3 is 15.0 Å². The van der Waals surface area contributed by atoms with E-state index in [1.165, 1.54) is 11.1 Å². The lowest BCUT2D eigenvalue weighted by molar-refractivity contribution is 0.174. The van der Waals surface area contributed by atoms with Gasteiger partial charge in [-0.25, -0.2) is 4.79 Å². The first kappa shape index (κ1) is 15.6. The van der Waals surface area contributed by atoms with E-state index in [9.17, 15) is 4.79 Å². The highest BCUT2D eigenvalue weighted by atomic mass is 16.5. The number of fused-ring (bicyclic) bond motifs is 1. The maximum Gasteiger partial charge on any atom is 0.317 e. The lowest BCUT2D eigenvalue weighted by Crippen LogP contribution is -2.45. The quantitative estimate of drug-likeness (QED) is 0.874. The number of ether oxygens (including phenoxy) is 1. The Morgan fingerprint density at radius 3 is 3.00 bits per heavy atom. The molecule has 1 aromatic heterocycles. The van der Waals surface area contributed by atoms with E-state index in [1.54, 1.807) is 11.8 Å². The Balaban J connectivity index is 1.83. The highest BCUT2D eigenvalue weighted by Gasteiger charge is 2.29. The zero-order chi connectivity index (χ0) is 16.2. The van der Waals surface area contributed by atoms with Crippen molar-refractivity contribution in [2.75, 3.05) is 26.8 Å². The lowest BCUT2D eigenvalue weighted by Gasteiger charge is -2.34. The predicted molar refractivity (Wildman–Crippen MR) is 87.2 cm³/mol. The van der Waals surface area contributed by atoms with Crippen molar-refractivity contribution < 1.29 is 9.53 Å². The molecule has 0 saturated carbocycles. The highest BCUT2D eigenvalue weighted by Crippen LogP contribution is 2.33. The minimum absolute atomic E-state index is 0.0505. The average molecular weight is 314 g/mol. The summed E-state index contributed by atoms with van der Waals surface area (Å²) < 4.78 is 6.79. The van der Waals surface area contributed by atoms with Crippen LogP contribution in [0.4, 0.5) is 4.79 Å². The van der Waals surface area contributed by atoms with Gasteiger partial charge in [-0.15, -0.1) is 0 Å². The van der Waals surface area contributed by atoms with Crippen LogP contribution in [0, 0.1) is 0 Å². The van der Waals surface area contributed by atoms with Crippen LogP contribution < -0.4 is 5.32 Å². The molecule has 2 aromatic rings. The summed E-state index contributed by atoms with van der Waals surface area (Å²) in [6, 6.07) is 8.26. The molecule has 0 bridgehead atoms. The smallest absolute Gasteiger partial charge is 0.317 e. The van der Waals surface area contributed by atoms with Crippen LogP contribution in [0.2, 0.25) is 0 Å². The first-order valence-corrected chi connectivity index (χ1v) is 7.77. The minimum atomic E-state index is -0.0505. The van der Waals surface area contributed by atoms with Gasteiger partial charge in [0.1, 0.15) is 0 Å². The SMILES string of the molecule is COCCNC(=O)N1Cc2ccccc2C(c2cnn(C)c2)C1. The summed E-state index contributed by atoms with van der Waals surface area (Å²) in [5.41, 5.74) is 3.60. The van der Waals surface area contributed by atoms with E-state index >= 15 is 0 Å². The van der Waals surface area contributed by atoms with Gasteiger partial charge >= 0.3 is 6.03 Å². The van der Waals surface area contributed by atoms with Gasteiger partial charge in [-0.05, 0) is 16.7 Å². The molecule has 2 amide bonds. The number of carbonyl (C=O) groups is 1. The number of carbonyl (C=O) groups excluding carboxylic acids is 1. The summed E-state index contributed by atoms with van der Waals surface area (Å²) in [5.74, 6) is 0.154. The summed E-state index contributed by atoms with van der Waals surface area (Å²) in [5, 5.41) is 7.18. The van der Waals surface area contributed by atoms with Crippen LogP contribution in [0.5, 0.6) is 0 Å². The molecule has 1 unspecified atom stereocenters. The van der Waals surface area contributed by atoms with Crippen molar-refractivity contribution in [3.05, 3.63) is 53.3 Å². The molecule has 2 heterocycles. The number of hydrogen-bond donors (Lipinski definition) is 1. The molecule has 23 heavy (non-hydrogen) atoms. The van der Waals surface area contributed by atoms with Crippen molar-refractivity contribution in [3.63, 3.8) is 0 Å². The molecule has 1 N–H and O–H groups in total. The van der Waals surface area contributed by atoms with E-state index in [2.05, 4.69) is 28.6 Å². The number of methoxy groups -OCH3 is 1. The van der Waals surface area contributed by atoms with Crippen LogP contribution in [0.3, 0.4) is 0 Å². The number of amides is 2. The number of aryl methyl sites for hydroxylation is 1. The molecule has 122 valence electrons. The maximum absolute atomic E-state index is 12.4. The van der Waals surface area contributed by atoms with Gasteiger partial charge in [0.25, 0.3) is 0 Å². The monoisotopic (exact) mass is 314 g/mol. The number of nitrogens with one attached hydrogen (secondary N) is 1. The summed E-state index contributed by atoms with van der Waals surface area (Å²) in [6.45, 7) is 2.32. The number of hydrogen-bond acceptors (Lipinski definition) is 3. The maximum atomic E-state index is 12.4. The van der Waals surface area contributed by atoms with Gasteiger partial charge in [0, 0.05) is 45.9 Å². The molecule has 6 heteroatoms. The molecule has 0 saturated heterocycles. The van der Waals surface area contributed by atoms with Crippen molar-refractivity contribution in [2.45, 2.75) is 12.5 Å².